The maximum atomic E-state index is 12.4. The highest BCUT2D eigenvalue weighted by molar-refractivity contribution is 6.06. The molecule has 0 saturated carbocycles. The summed E-state index contributed by atoms with van der Waals surface area (Å²) in [7, 11) is 0. The van der Waals surface area contributed by atoms with Crippen LogP contribution in [0.2, 0.25) is 0 Å². The van der Waals surface area contributed by atoms with Gasteiger partial charge >= 0.3 is 0 Å². The van der Waals surface area contributed by atoms with Crippen LogP contribution < -0.4 is 9.64 Å². The zero-order valence-corrected chi connectivity index (χ0v) is 18.0. The summed E-state index contributed by atoms with van der Waals surface area (Å²) in [5, 5.41) is 20.5. The summed E-state index contributed by atoms with van der Waals surface area (Å²) in [6.07, 6.45) is 12.6. The van der Waals surface area contributed by atoms with Gasteiger partial charge in [-0.05, 0) is 49.0 Å². The largest absolute Gasteiger partial charge is 0.504 e. The fraction of sp³-hybridized carbons (Fsp3) is 0.440. The highest BCUT2D eigenvalue weighted by Gasteiger charge is 2.25. The van der Waals surface area contributed by atoms with Gasteiger partial charge in [-0.15, -0.1) is 0 Å². The molecule has 4 rings (SSSR count). The number of quaternary nitrogens is 1. The lowest BCUT2D eigenvalue weighted by atomic mass is 9.84. The number of aliphatic hydroxyl groups excluding tert-OH is 1. The third kappa shape index (κ3) is 5.51. The number of phenolic OH excluding ortho intramolecular Hbond substituents is 1. The molecule has 0 bridgehead atoms. The van der Waals surface area contributed by atoms with E-state index in [1.807, 2.05) is 12.1 Å². The Morgan fingerprint density at radius 1 is 1.32 bits per heavy atom. The monoisotopic (exact) mass is 423 g/mol. The van der Waals surface area contributed by atoms with E-state index in [1.54, 1.807) is 18.3 Å². The first kappa shape index (κ1) is 21.5. The van der Waals surface area contributed by atoms with Crippen LogP contribution in [0.1, 0.15) is 38.2 Å². The zero-order valence-electron chi connectivity index (χ0n) is 18.0. The fourth-order valence-electron chi connectivity index (χ4n) is 4.31. The molecule has 3 N–H and O–H groups in total. The average molecular weight is 424 g/mol. The van der Waals surface area contributed by atoms with Crippen molar-refractivity contribution in [3.8, 4) is 11.5 Å². The smallest absolute Gasteiger partial charge is 0.227 e. The number of aryl methyl sites for hydroxylation is 1. The van der Waals surface area contributed by atoms with Crippen molar-refractivity contribution in [3.63, 3.8) is 0 Å². The maximum Gasteiger partial charge on any atom is 0.227 e. The Labute approximate surface area is 183 Å². The van der Waals surface area contributed by atoms with Crippen LogP contribution in [0.3, 0.4) is 0 Å². The number of phenols is 1. The molecule has 1 aromatic carbocycles. The Balaban J connectivity index is 1.26. The Morgan fingerprint density at radius 2 is 2.19 bits per heavy atom. The van der Waals surface area contributed by atoms with E-state index in [1.165, 1.54) is 0 Å². The molecule has 0 radical (unpaired) electrons. The van der Waals surface area contributed by atoms with Crippen LogP contribution in [0.25, 0.3) is 0 Å². The predicted octanol–water partition coefficient (Wildman–Crippen LogP) is 2.33. The van der Waals surface area contributed by atoms with Crippen molar-refractivity contribution in [2.75, 3.05) is 13.3 Å². The number of carbonyl (C=O) groups is 1. The summed E-state index contributed by atoms with van der Waals surface area (Å²) in [6.45, 7) is 3.33. The molecular weight excluding hydrogens is 392 g/mol. The van der Waals surface area contributed by atoms with Gasteiger partial charge < -0.3 is 14.9 Å². The van der Waals surface area contributed by atoms with Crippen LogP contribution in [0.4, 0.5) is 0 Å². The van der Waals surface area contributed by atoms with Crippen LogP contribution in [0, 0.1) is 11.8 Å². The number of allylic oxidation sites excluding steroid dienone is 2. The maximum absolute atomic E-state index is 12.4. The van der Waals surface area contributed by atoms with Gasteiger partial charge in [-0.1, -0.05) is 25.1 Å². The van der Waals surface area contributed by atoms with Gasteiger partial charge in [0.2, 0.25) is 6.73 Å². The van der Waals surface area contributed by atoms with E-state index in [0.29, 0.717) is 31.2 Å². The number of aliphatic hydroxyl groups is 1. The van der Waals surface area contributed by atoms with E-state index >= 15 is 0 Å². The molecule has 0 fully saturated rings. The number of rotatable bonds is 9. The van der Waals surface area contributed by atoms with Gasteiger partial charge in [0.25, 0.3) is 0 Å². The number of nitrogens with one attached hydrogen (secondary N) is 1. The van der Waals surface area contributed by atoms with E-state index in [-0.39, 0.29) is 23.9 Å². The van der Waals surface area contributed by atoms with Crippen molar-refractivity contribution in [3.05, 3.63) is 60.0 Å². The van der Waals surface area contributed by atoms with Gasteiger partial charge in [-0.3, -0.25) is 14.7 Å². The van der Waals surface area contributed by atoms with Crippen molar-refractivity contribution >= 4 is 11.5 Å². The van der Waals surface area contributed by atoms with Gasteiger partial charge in [0.1, 0.15) is 24.2 Å². The molecule has 164 valence electrons. The van der Waals surface area contributed by atoms with Gasteiger partial charge in [0.15, 0.2) is 11.5 Å². The van der Waals surface area contributed by atoms with Gasteiger partial charge in [-0.2, -0.15) is 0 Å². The van der Waals surface area contributed by atoms with Crippen molar-refractivity contribution in [1.82, 2.24) is 0 Å². The van der Waals surface area contributed by atoms with E-state index < -0.39 is 6.10 Å². The number of benzene rings is 1. The lowest BCUT2D eigenvalue weighted by Crippen LogP contribution is -3.07. The first-order valence-electron chi connectivity index (χ1n) is 11.1. The summed E-state index contributed by atoms with van der Waals surface area (Å²) in [5.41, 5.74) is 3.13. The molecule has 2 aliphatic heterocycles. The number of nitrogens with zero attached hydrogens (tertiary/aromatic N) is 1. The highest BCUT2D eigenvalue weighted by Crippen LogP contribution is 2.28. The molecule has 0 spiro atoms. The summed E-state index contributed by atoms with van der Waals surface area (Å²) in [5.74, 6) is 1.21. The van der Waals surface area contributed by atoms with Crippen molar-refractivity contribution < 1.29 is 24.6 Å². The molecule has 1 aromatic rings. The van der Waals surface area contributed by atoms with Crippen LogP contribution >= 0.6 is 0 Å². The topological polar surface area (TPSA) is 83.6 Å². The predicted molar refractivity (Wildman–Crippen MR) is 119 cm³/mol. The molecule has 4 unspecified atom stereocenters. The molecule has 0 aromatic heterocycles. The lowest BCUT2D eigenvalue weighted by molar-refractivity contribution is -0.851. The molecule has 6 heteroatoms. The highest BCUT2D eigenvalue weighted by atomic mass is 16.5. The minimum atomic E-state index is -0.605. The third-order valence-electron chi connectivity index (χ3n) is 6.27. The minimum absolute atomic E-state index is 0.0589. The van der Waals surface area contributed by atoms with E-state index in [2.05, 4.69) is 30.3 Å². The van der Waals surface area contributed by atoms with Crippen LogP contribution in [0.15, 0.2) is 59.4 Å². The Kier molecular flexibility index (Phi) is 6.68. The molecule has 0 saturated heterocycles. The average Bonchev–Trinajstić information content (AvgIpc) is 3.34. The Morgan fingerprint density at radius 3 is 2.97 bits per heavy atom. The molecule has 0 amide bonds. The second-order valence-electron chi connectivity index (χ2n) is 8.83. The summed E-state index contributed by atoms with van der Waals surface area (Å²) >= 11 is 0. The Hall–Kier alpha value is -2.70. The molecule has 3 aliphatic rings. The van der Waals surface area contributed by atoms with Gasteiger partial charge in [0, 0.05) is 25.0 Å². The van der Waals surface area contributed by atoms with Crippen LogP contribution in [-0.2, 0) is 11.2 Å². The molecule has 1 aliphatic carbocycles. The zero-order chi connectivity index (χ0) is 21.8. The van der Waals surface area contributed by atoms with Crippen LogP contribution in [0.5, 0.6) is 11.5 Å². The summed E-state index contributed by atoms with van der Waals surface area (Å²) in [6, 6.07) is 5.22. The van der Waals surface area contributed by atoms with E-state index in [4.69, 9.17) is 4.74 Å². The lowest BCUT2D eigenvalue weighted by Gasteiger charge is -2.24. The number of Topliss-reactive ketones (excluding diaryl/α,β-unsaturated/α-hetero) is 1. The fourth-order valence-corrected chi connectivity index (χ4v) is 4.31. The van der Waals surface area contributed by atoms with Gasteiger partial charge in [-0.25, -0.2) is 0 Å². The number of fused-ring (bicyclic) bond motifs is 1. The number of hydrogen-bond donors (Lipinski definition) is 3. The first-order chi connectivity index (χ1) is 15.0. The van der Waals surface area contributed by atoms with Crippen molar-refractivity contribution in [1.29, 1.82) is 0 Å². The second-order valence-corrected chi connectivity index (χ2v) is 8.83. The SMILES string of the molecule is CC1C=CC(C(O)CC(=O)CCc2ccc(O)c(OC[NH+]3C=C4C=CN=C4C3)c2)CC1. The second kappa shape index (κ2) is 9.62. The van der Waals surface area contributed by atoms with E-state index in [9.17, 15) is 15.0 Å². The summed E-state index contributed by atoms with van der Waals surface area (Å²) < 4.78 is 5.84. The number of aromatic hydroxyl groups is 1. The quantitative estimate of drug-likeness (QED) is 0.533. The number of hydrogen-bond acceptors (Lipinski definition) is 5. The minimum Gasteiger partial charge on any atom is -0.504 e. The number of carbonyl (C=O) groups excluding carboxylic acids is 1. The molecule has 6 nitrogen and oxygen atoms in total. The van der Waals surface area contributed by atoms with Gasteiger partial charge in [0.05, 0.1) is 11.7 Å². The van der Waals surface area contributed by atoms with Crippen molar-refractivity contribution in [2.45, 2.75) is 45.1 Å². The number of aliphatic imine (C=N–C) groups is 1. The molecule has 2 heterocycles. The molecular formula is C25H31N2O4+. The van der Waals surface area contributed by atoms with E-state index in [0.717, 1.165) is 41.1 Å². The summed E-state index contributed by atoms with van der Waals surface area (Å²) in [4.78, 5) is 17.8. The molecule has 4 atom stereocenters. The first-order valence-corrected chi connectivity index (χ1v) is 11.1. The third-order valence-corrected chi connectivity index (χ3v) is 6.27. The standard InChI is InChI=1S/C25H30N2O4/c1-17-2-6-19(7-3-17)24(30)13-21(28)8-4-18-5-9-23(29)25(12-18)31-16-27-14-20-10-11-26-22(20)15-27/h2,5-6,9-12,14,17,19,24,29-30H,3-4,7-8,13,15-16H2,1H3/p+1. The number of ether oxygens (including phenoxy) is 1. The number of ketones is 1. The Bertz CT molecular complexity index is 947. The normalized spacial score (nSPS) is 25.2. The van der Waals surface area contributed by atoms with Crippen LogP contribution in [-0.4, -0.2) is 41.1 Å². The van der Waals surface area contributed by atoms with Crippen molar-refractivity contribution in [2.24, 2.45) is 16.8 Å². The molecule has 31 heavy (non-hydrogen) atoms.